The van der Waals surface area contributed by atoms with E-state index >= 15 is 0 Å². The van der Waals surface area contributed by atoms with Crippen molar-refractivity contribution >= 4 is 11.9 Å². The van der Waals surface area contributed by atoms with E-state index in [0.29, 0.717) is 19.4 Å². The van der Waals surface area contributed by atoms with E-state index in [1.807, 2.05) is 6.08 Å². The van der Waals surface area contributed by atoms with Crippen molar-refractivity contribution in [3.8, 4) is 0 Å². The van der Waals surface area contributed by atoms with Crippen molar-refractivity contribution in [1.82, 2.24) is 5.32 Å². The quantitative estimate of drug-likeness (QED) is 0.0320. The van der Waals surface area contributed by atoms with E-state index < -0.39 is 12.1 Å². The Balaban J connectivity index is 3.32. The van der Waals surface area contributed by atoms with E-state index in [0.717, 1.165) is 44.9 Å². The lowest BCUT2D eigenvalue weighted by atomic mass is 10.0. The lowest BCUT2D eigenvalue weighted by molar-refractivity contribution is -0.143. The Labute approximate surface area is 520 Å². The maximum absolute atomic E-state index is 12.5. The van der Waals surface area contributed by atoms with Crippen LogP contribution in [0.3, 0.4) is 0 Å². The number of ether oxygens (including phenoxy) is 1. The third-order valence-electron chi connectivity index (χ3n) is 18.0. The molecule has 1 amide bonds. The van der Waals surface area contributed by atoms with Gasteiger partial charge in [-0.3, -0.25) is 9.59 Å². The average molecular weight is 1170 g/mol. The summed E-state index contributed by atoms with van der Waals surface area (Å²) in [6.45, 7) is 4.94. The van der Waals surface area contributed by atoms with Crippen LogP contribution in [0.25, 0.3) is 0 Å². The van der Waals surface area contributed by atoms with Crippen LogP contribution < -0.4 is 5.32 Å². The van der Waals surface area contributed by atoms with Crippen molar-refractivity contribution in [2.24, 2.45) is 0 Å². The van der Waals surface area contributed by atoms with Crippen LogP contribution in [0.15, 0.2) is 24.3 Å². The van der Waals surface area contributed by atoms with Crippen molar-refractivity contribution < 1.29 is 24.5 Å². The van der Waals surface area contributed by atoms with E-state index in [-0.39, 0.29) is 18.5 Å². The van der Waals surface area contributed by atoms with Crippen LogP contribution in [0.5, 0.6) is 0 Å². The average Bonchev–Trinajstić information content (AvgIpc) is 3.49. The Morgan fingerprint density at radius 1 is 0.325 bits per heavy atom. The van der Waals surface area contributed by atoms with Gasteiger partial charge >= 0.3 is 5.97 Å². The largest absolute Gasteiger partial charge is 0.466 e. The molecule has 0 aromatic rings. The fourth-order valence-corrected chi connectivity index (χ4v) is 12.2. The van der Waals surface area contributed by atoms with E-state index in [1.54, 1.807) is 6.08 Å². The first-order valence-corrected chi connectivity index (χ1v) is 38.1. The molecule has 0 aromatic carbocycles. The van der Waals surface area contributed by atoms with Gasteiger partial charge in [0.25, 0.3) is 0 Å². The van der Waals surface area contributed by atoms with Crippen molar-refractivity contribution in [2.45, 2.75) is 443 Å². The molecule has 0 fully saturated rings. The van der Waals surface area contributed by atoms with Crippen molar-refractivity contribution in [1.29, 1.82) is 0 Å². The molecule has 0 heterocycles. The van der Waals surface area contributed by atoms with E-state index in [1.165, 1.54) is 360 Å². The highest BCUT2D eigenvalue weighted by atomic mass is 16.5. The first kappa shape index (κ1) is 81.3. The Kier molecular flexibility index (Phi) is 71.4. The number of esters is 1. The van der Waals surface area contributed by atoms with Crippen LogP contribution in [0.1, 0.15) is 431 Å². The summed E-state index contributed by atoms with van der Waals surface area (Å²) in [6.07, 6.45) is 92.9. The molecule has 0 aliphatic rings. The fraction of sp³-hybridized carbons (Fsp3) is 0.922. The summed E-state index contributed by atoms with van der Waals surface area (Å²) < 4.78 is 5.49. The Morgan fingerprint density at radius 2 is 0.566 bits per heavy atom. The van der Waals surface area contributed by atoms with Gasteiger partial charge in [-0.25, -0.2) is 0 Å². The lowest BCUT2D eigenvalue weighted by Gasteiger charge is -2.20. The van der Waals surface area contributed by atoms with Gasteiger partial charge in [0.15, 0.2) is 0 Å². The normalized spacial score (nSPS) is 12.6. The fourth-order valence-electron chi connectivity index (χ4n) is 12.2. The van der Waals surface area contributed by atoms with Gasteiger partial charge in [0.1, 0.15) is 0 Å². The summed E-state index contributed by atoms with van der Waals surface area (Å²) in [5.74, 6) is -0.0445. The van der Waals surface area contributed by atoms with Crippen LogP contribution in [-0.2, 0) is 14.3 Å². The van der Waals surface area contributed by atoms with Gasteiger partial charge < -0.3 is 20.3 Å². The predicted octanol–water partition coefficient (Wildman–Crippen LogP) is 24.9. The third-order valence-corrected chi connectivity index (χ3v) is 18.0. The molecule has 6 heteroatoms. The summed E-state index contributed by atoms with van der Waals surface area (Å²) >= 11 is 0. The second kappa shape index (κ2) is 72.8. The molecule has 0 spiro atoms. The van der Waals surface area contributed by atoms with Crippen LogP contribution >= 0.6 is 0 Å². The number of hydrogen-bond acceptors (Lipinski definition) is 5. The molecule has 0 bridgehead atoms. The minimum atomic E-state index is -0.841. The minimum absolute atomic E-state index is 0.0145. The number of allylic oxidation sites excluding steroid dienone is 3. The van der Waals surface area contributed by atoms with Gasteiger partial charge in [-0.1, -0.05) is 385 Å². The molecular weight excluding hydrogens is 1020 g/mol. The van der Waals surface area contributed by atoms with E-state index in [2.05, 4.69) is 31.3 Å². The maximum atomic E-state index is 12.5. The number of amides is 1. The summed E-state index contributed by atoms with van der Waals surface area (Å²) in [5, 5.41) is 23.2. The highest BCUT2D eigenvalue weighted by Crippen LogP contribution is 2.20. The van der Waals surface area contributed by atoms with Gasteiger partial charge in [-0.05, 0) is 57.8 Å². The van der Waals surface area contributed by atoms with Gasteiger partial charge in [-0.15, -0.1) is 0 Å². The van der Waals surface area contributed by atoms with Gasteiger partial charge in [0.2, 0.25) is 5.91 Å². The zero-order valence-corrected chi connectivity index (χ0v) is 56.5. The second-order valence-corrected chi connectivity index (χ2v) is 26.3. The van der Waals surface area contributed by atoms with Crippen LogP contribution in [0.4, 0.5) is 0 Å². The molecule has 3 N–H and O–H groups in total. The first-order valence-electron chi connectivity index (χ1n) is 38.1. The zero-order valence-electron chi connectivity index (χ0n) is 56.5. The molecule has 0 aliphatic heterocycles. The van der Waals surface area contributed by atoms with Crippen molar-refractivity contribution in [3.63, 3.8) is 0 Å². The Morgan fingerprint density at radius 3 is 0.855 bits per heavy atom. The predicted molar refractivity (Wildman–Crippen MR) is 366 cm³/mol. The molecule has 2 unspecified atom stereocenters. The highest BCUT2D eigenvalue weighted by Gasteiger charge is 2.18. The minimum Gasteiger partial charge on any atom is -0.466 e. The molecule has 83 heavy (non-hydrogen) atoms. The highest BCUT2D eigenvalue weighted by molar-refractivity contribution is 5.76. The molecule has 6 nitrogen and oxygen atoms in total. The number of unbranched alkanes of at least 4 members (excludes halogenated alkanes) is 59. The lowest BCUT2D eigenvalue weighted by Crippen LogP contribution is -2.45. The SMILES string of the molecule is CCCCCCC/C=C\CCCCCCCC(=O)OCCCCCCCCCCCCCCCCCCCCCCCCCCCCCCCCCCCCCC(=O)NC(CO)C(O)/C=C/CCCCCCCCCCCCCCCCC. The summed E-state index contributed by atoms with van der Waals surface area (Å²) in [4.78, 5) is 24.6. The number of nitrogens with one attached hydrogen (secondary N) is 1. The molecule has 0 rings (SSSR count). The van der Waals surface area contributed by atoms with Crippen LogP contribution in [-0.4, -0.2) is 47.4 Å². The van der Waals surface area contributed by atoms with Crippen molar-refractivity contribution in [3.05, 3.63) is 24.3 Å². The second-order valence-electron chi connectivity index (χ2n) is 26.3. The number of aliphatic hydroxyl groups is 2. The van der Waals surface area contributed by atoms with Crippen LogP contribution in [0, 0.1) is 0 Å². The summed E-state index contributed by atoms with van der Waals surface area (Å²) in [6, 6.07) is -0.624. The molecule has 2 atom stereocenters. The third kappa shape index (κ3) is 69.3. The summed E-state index contributed by atoms with van der Waals surface area (Å²) in [7, 11) is 0. The number of hydrogen-bond donors (Lipinski definition) is 3. The number of rotatable bonds is 72. The standard InChI is InChI=1S/C77H149NO5/c1-3-5-7-9-11-13-15-17-19-39-42-45-49-53-57-61-65-69-75(80)74(73-79)78-76(81)70-66-62-58-54-50-46-43-40-37-35-33-31-29-27-25-23-21-20-22-24-26-28-30-32-34-36-38-41-44-48-52-56-60-64-68-72-83-77(82)71-67-63-59-55-51-47-18-16-14-12-10-8-6-4-2/h16,18,65,69,74-75,79-80H,3-15,17,19-64,66-68,70-73H2,1-2H3,(H,78,81)/b18-16-,69-65+. The molecule has 0 aromatic heterocycles. The molecule has 492 valence electrons. The smallest absolute Gasteiger partial charge is 0.305 e. The van der Waals surface area contributed by atoms with Gasteiger partial charge in [0.05, 0.1) is 25.4 Å². The monoisotopic (exact) mass is 1170 g/mol. The Bertz CT molecular complexity index is 1300. The molecule has 0 radical (unpaired) electrons. The van der Waals surface area contributed by atoms with E-state index in [4.69, 9.17) is 4.74 Å². The topological polar surface area (TPSA) is 95.9 Å². The zero-order chi connectivity index (χ0) is 59.9. The van der Waals surface area contributed by atoms with Gasteiger partial charge in [0, 0.05) is 12.8 Å². The first-order chi connectivity index (χ1) is 41.0. The van der Waals surface area contributed by atoms with E-state index in [9.17, 15) is 19.8 Å². The number of carbonyl (C=O) groups is 2. The Hall–Kier alpha value is -1.66. The number of aliphatic hydroxyl groups excluding tert-OH is 2. The molecule has 0 saturated heterocycles. The maximum Gasteiger partial charge on any atom is 0.305 e. The molecule has 0 aliphatic carbocycles. The number of carbonyl (C=O) groups excluding carboxylic acids is 2. The van der Waals surface area contributed by atoms with Crippen molar-refractivity contribution in [2.75, 3.05) is 13.2 Å². The molecule has 0 saturated carbocycles. The molecular formula is C77H149NO5. The van der Waals surface area contributed by atoms with Gasteiger partial charge in [-0.2, -0.15) is 0 Å². The van der Waals surface area contributed by atoms with Crippen LogP contribution in [0.2, 0.25) is 0 Å². The summed E-state index contributed by atoms with van der Waals surface area (Å²) in [5.41, 5.74) is 0.